The van der Waals surface area contributed by atoms with Crippen molar-refractivity contribution in [3.8, 4) is 0 Å². The third kappa shape index (κ3) is 4.49. The number of rotatable bonds is 6. The van der Waals surface area contributed by atoms with E-state index < -0.39 is 5.97 Å². The molecule has 176 valence electrons. The highest BCUT2D eigenvalue weighted by Gasteiger charge is 2.41. The fourth-order valence-corrected chi connectivity index (χ4v) is 5.08. The van der Waals surface area contributed by atoms with Crippen molar-refractivity contribution in [2.45, 2.75) is 13.1 Å². The Balaban J connectivity index is 1.56. The van der Waals surface area contributed by atoms with E-state index in [0.717, 1.165) is 48.2 Å². The number of hydrogen-bond acceptors (Lipinski definition) is 8. The average molecular weight is 497 g/mol. The third-order valence-corrected chi connectivity index (χ3v) is 6.92. The van der Waals surface area contributed by atoms with Gasteiger partial charge in [-0.2, -0.15) is 0 Å². The Morgan fingerprint density at radius 1 is 1.06 bits per heavy atom. The van der Waals surface area contributed by atoms with E-state index in [1.54, 1.807) is 18.3 Å². The highest BCUT2D eigenvalue weighted by Crippen LogP contribution is 2.41. The van der Waals surface area contributed by atoms with Gasteiger partial charge >= 0.3 is 5.97 Å². The molecule has 3 heterocycles. The second kappa shape index (κ2) is 10.0. The maximum Gasteiger partial charge on any atom is 0.376 e. The quantitative estimate of drug-likeness (QED) is 0.440. The lowest BCUT2D eigenvalue weighted by Gasteiger charge is -2.32. The highest BCUT2D eigenvalue weighted by atomic mass is 35.5. The molecule has 1 atom stereocenters. The van der Waals surface area contributed by atoms with Crippen LogP contribution in [0.4, 0.5) is 17.1 Å². The largest absolute Gasteiger partial charge is 0.460 e. The number of amidine groups is 1. The van der Waals surface area contributed by atoms with Gasteiger partial charge in [-0.15, -0.1) is 16.4 Å². The molecule has 2 aliphatic heterocycles. The maximum absolute atomic E-state index is 13.0. The Labute approximate surface area is 207 Å². The van der Waals surface area contributed by atoms with Gasteiger partial charge in [0.25, 0.3) is 0 Å². The number of ether oxygens (including phenoxy) is 2. The van der Waals surface area contributed by atoms with Gasteiger partial charge in [0.05, 0.1) is 25.5 Å². The lowest BCUT2D eigenvalue weighted by molar-refractivity contribution is -0.135. The zero-order valence-corrected chi connectivity index (χ0v) is 20.3. The van der Waals surface area contributed by atoms with Crippen LogP contribution in [0.25, 0.3) is 0 Å². The van der Waals surface area contributed by atoms with Crippen LogP contribution in [0.3, 0.4) is 0 Å². The molecule has 0 saturated carbocycles. The summed E-state index contributed by atoms with van der Waals surface area (Å²) in [7, 11) is 0. The number of benzene rings is 2. The van der Waals surface area contributed by atoms with Gasteiger partial charge < -0.3 is 14.4 Å². The molecule has 0 N–H and O–H groups in total. The molecule has 0 amide bonds. The monoisotopic (exact) mass is 496 g/mol. The number of anilines is 3. The van der Waals surface area contributed by atoms with Gasteiger partial charge in [0.15, 0.2) is 6.17 Å². The zero-order chi connectivity index (χ0) is 23.5. The first kappa shape index (κ1) is 22.7. The minimum Gasteiger partial charge on any atom is -0.460 e. The molecule has 0 bridgehead atoms. The van der Waals surface area contributed by atoms with E-state index in [-0.39, 0.29) is 18.6 Å². The number of nitrogens with zero attached hydrogens (tertiary/aromatic N) is 4. The molecular weight excluding hydrogens is 472 g/mol. The molecule has 1 fully saturated rings. The zero-order valence-electron chi connectivity index (χ0n) is 18.8. The van der Waals surface area contributed by atoms with E-state index in [9.17, 15) is 4.79 Å². The summed E-state index contributed by atoms with van der Waals surface area (Å²) < 4.78 is 10.9. The maximum atomic E-state index is 13.0. The van der Waals surface area contributed by atoms with Crippen LogP contribution in [-0.4, -0.2) is 44.7 Å². The summed E-state index contributed by atoms with van der Waals surface area (Å²) in [6.45, 7) is 5.24. The van der Waals surface area contributed by atoms with Crippen molar-refractivity contribution in [3.63, 3.8) is 0 Å². The van der Waals surface area contributed by atoms with Crippen LogP contribution < -0.4 is 14.8 Å². The second-order valence-electron chi connectivity index (χ2n) is 7.84. The minimum absolute atomic E-state index is 0.245. The summed E-state index contributed by atoms with van der Waals surface area (Å²) in [5.74, 6) is -0.216. The first-order valence-corrected chi connectivity index (χ1v) is 12.5. The van der Waals surface area contributed by atoms with Crippen LogP contribution in [-0.2, 0) is 14.3 Å². The van der Waals surface area contributed by atoms with Crippen LogP contribution in [0.2, 0.25) is 5.02 Å². The van der Waals surface area contributed by atoms with E-state index in [1.165, 1.54) is 0 Å². The summed E-state index contributed by atoms with van der Waals surface area (Å²) in [5.41, 5.74) is 2.82. The molecule has 7 nitrogen and oxygen atoms in total. The third-order valence-electron chi connectivity index (χ3n) is 5.76. The molecule has 3 aromatic rings. The van der Waals surface area contributed by atoms with E-state index >= 15 is 0 Å². The first-order valence-electron chi connectivity index (χ1n) is 11.2. The normalized spacial score (nSPS) is 18.2. The summed E-state index contributed by atoms with van der Waals surface area (Å²) >= 11 is 7.75. The van der Waals surface area contributed by atoms with Crippen LogP contribution >= 0.6 is 22.9 Å². The molecule has 0 aliphatic carbocycles. The van der Waals surface area contributed by atoms with Crippen molar-refractivity contribution >= 4 is 51.8 Å². The Hall–Kier alpha value is -3.07. The number of halogens is 1. The Morgan fingerprint density at radius 2 is 1.74 bits per heavy atom. The fraction of sp³-hybridized carbons (Fsp3) is 0.280. The van der Waals surface area contributed by atoms with E-state index in [2.05, 4.69) is 23.1 Å². The van der Waals surface area contributed by atoms with E-state index in [0.29, 0.717) is 5.02 Å². The first-order chi connectivity index (χ1) is 16.7. The Morgan fingerprint density at radius 3 is 2.38 bits per heavy atom. The van der Waals surface area contributed by atoms with Gasteiger partial charge in [-0.05, 0) is 66.9 Å². The molecule has 0 spiro atoms. The summed E-state index contributed by atoms with van der Waals surface area (Å²) in [4.78, 5) is 18.3. The van der Waals surface area contributed by atoms with Gasteiger partial charge in [-0.25, -0.2) is 9.80 Å². The van der Waals surface area contributed by atoms with Crippen molar-refractivity contribution in [3.05, 3.63) is 75.9 Å². The van der Waals surface area contributed by atoms with Crippen molar-refractivity contribution in [2.75, 3.05) is 47.7 Å². The fourth-order valence-electron chi connectivity index (χ4n) is 4.15. The molecule has 9 heteroatoms. The van der Waals surface area contributed by atoms with Crippen LogP contribution in [0.1, 0.15) is 18.0 Å². The van der Waals surface area contributed by atoms with E-state index in [1.807, 2.05) is 57.8 Å². The van der Waals surface area contributed by atoms with E-state index in [4.69, 9.17) is 26.2 Å². The van der Waals surface area contributed by atoms with Gasteiger partial charge in [0, 0.05) is 34.4 Å². The average Bonchev–Trinajstić information content (AvgIpc) is 3.54. The van der Waals surface area contributed by atoms with Crippen molar-refractivity contribution in [1.29, 1.82) is 0 Å². The van der Waals surface area contributed by atoms with Gasteiger partial charge in [0.1, 0.15) is 0 Å². The molecule has 0 radical (unpaired) electrons. The standard InChI is InChI=1S/C25H25ClN4O3S/c1-2-33-25(31)23-27-30(21-7-5-18(26)6-8-21)24(22-4-3-17-34-22)29(23)20-11-9-19(10-12-20)28-13-15-32-16-14-28/h3-12,17,24H,2,13-16H2,1H3. The van der Waals surface area contributed by atoms with Crippen molar-refractivity contribution in [1.82, 2.24) is 0 Å². The topological polar surface area (TPSA) is 57.6 Å². The van der Waals surface area contributed by atoms with Crippen LogP contribution in [0, 0.1) is 0 Å². The number of thiophene rings is 1. The summed E-state index contributed by atoms with van der Waals surface area (Å²) in [5, 5.41) is 9.27. The lowest BCUT2D eigenvalue weighted by Crippen LogP contribution is -2.39. The molecule has 1 unspecified atom stereocenters. The van der Waals surface area contributed by atoms with Gasteiger partial charge in [-0.3, -0.25) is 4.90 Å². The Bertz CT molecular complexity index is 1150. The number of hydrogen-bond donors (Lipinski definition) is 0. The van der Waals surface area contributed by atoms with Gasteiger partial charge in [0.2, 0.25) is 5.84 Å². The van der Waals surface area contributed by atoms with Crippen LogP contribution in [0.15, 0.2) is 71.1 Å². The minimum atomic E-state index is -0.460. The number of hydrazone groups is 1. The lowest BCUT2D eigenvalue weighted by atomic mass is 10.2. The summed E-state index contributed by atoms with van der Waals surface area (Å²) in [6, 6.07) is 19.7. The predicted octanol–water partition coefficient (Wildman–Crippen LogP) is 5.14. The number of carbonyl (C=O) groups is 1. The van der Waals surface area contributed by atoms with Crippen molar-refractivity contribution < 1.29 is 14.3 Å². The molecule has 34 heavy (non-hydrogen) atoms. The van der Waals surface area contributed by atoms with Gasteiger partial charge in [-0.1, -0.05) is 17.7 Å². The number of carbonyl (C=O) groups excluding carboxylic acids is 1. The number of esters is 1. The molecule has 2 aromatic carbocycles. The highest BCUT2D eigenvalue weighted by molar-refractivity contribution is 7.10. The Kier molecular flexibility index (Phi) is 6.71. The molecule has 5 rings (SSSR count). The second-order valence-corrected chi connectivity index (χ2v) is 9.26. The predicted molar refractivity (Wildman–Crippen MR) is 137 cm³/mol. The molecule has 1 aromatic heterocycles. The molecule has 2 aliphatic rings. The molecular formula is C25H25ClN4O3S. The smallest absolute Gasteiger partial charge is 0.376 e. The molecule has 1 saturated heterocycles. The number of morpholine rings is 1. The SMILES string of the molecule is CCOC(=O)C1=NN(c2ccc(Cl)cc2)C(c2cccs2)N1c1ccc(N2CCOCC2)cc1. The van der Waals surface area contributed by atoms with Crippen molar-refractivity contribution in [2.24, 2.45) is 5.10 Å². The van der Waals surface area contributed by atoms with Crippen LogP contribution in [0.5, 0.6) is 0 Å². The summed E-state index contributed by atoms with van der Waals surface area (Å²) in [6.07, 6.45) is -0.338.